The summed E-state index contributed by atoms with van der Waals surface area (Å²) in [5, 5.41) is 14.8. The van der Waals surface area contributed by atoms with Gasteiger partial charge in [-0.15, -0.1) is 0 Å². The van der Waals surface area contributed by atoms with Crippen molar-refractivity contribution in [2.75, 3.05) is 24.2 Å². The van der Waals surface area contributed by atoms with E-state index in [2.05, 4.69) is 26.5 Å². The first-order chi connectivity index (χ1) is 13.6. The van der Waals surface area contributed by atoms with Gasteiger partial charge in [0.2, 0.25) is 10.0 Å². The Labute approximate surface area is 175 Å². The van der Waals surface area contributed by atoms with Gasteiger partial charge < -0.3 is 4.74 Å². The number of anilines is 1. The van der Waals surface area contributed by atoms with Crippen LogP contribution >= 0.6 is 15.9 Å². The van der Waals surface area contributed by atoms with E-state index in [-0.39, 0.29) is 11.4 Å². The van der Waals surface area contributed by atoms with Crippen LogP contribution in [0.1, 0.15) is 5.56 Å². The number of nitrogens with zero attached hydrogens (tertiary/aromatic N) is 3. The van der Waals surface area contributed by atoms with Gasteiger partial charge in [-0.3, -0.25) is 19.2 Å². The molecule has 0 aliphatic rings. The normalized spacial score (nSPS) is 11.3. The third-order valence-corrected chi connectivity index (χ3v) is 5.27. The van der Waals surface area contributed by atoms with Gasteiger partial charge >= 0.3 is 5.69 Å². The molecule has 0 aliphatic carbocycles. The Morgan fingerprint density at radius 1 is 1.31 bits per heavy atom. The number of amides is 1. The second kappa shape index (κ2) is 9.47. The van der Waals surface area contributed by atoms with E-state index >= 15 is 0 Å². The largest absolute Gasteiger partial charge is 0.490 e. The molecule has 1 N–H and O–H groups in total. The molecule has 0 spiro atoms. The summed E-state index contributed by atoms with van der Waals surface area (Å²) in [4.78, 5) is 22.6. The number of methoxy groups -OCH3 is 1. The molecule has 0 aromatic heterocycles. The zero-order chi connectivity index (χ0) is 21.6. The first-order valence-electron chi connectivity index (χ1n) is 7.99. The number of ether oxygens (including phenoxy) is 1. The van der Waals surface area contributed by atoms with Crippen molar-refractivity contribution < 1.29 is 22.9 Å². The van der Waals surface area contributed by atoms with Gasteiger partial charge in [0.25, 0.3) is 5.91 Å². The van der Waals surface area contributed by atoms with Crippen LogP contribution in [0, 0.1) is 10.1 Å². The van der Waals surface area contributed by atoms with Crippen LogP contribution in [-0.4, -0.2) is 45.4 Å². The Kier molecular flexibility index (Phi) is 7.29. The van der Waals surface area contributed by atoms with Gasteiger partial charge in [0, 0.05) is 16.1 Å². The highest BCUT2D eigenvalue weighted by Crippen LogP contribution is 2.26. The maximum atomic E-state index is 12.1. The molecule has 0 radical (unpaired) electrons. The molecule has 0 heterocycles. The Hall–Kier alpha value is -2.99. The lowest BCUT2D eigenvalue weighted by Gasteiger charge is -2.21. The van der Waals surface area contributed by atoms with Crippen LogP contribution in [0.2, 0.25) is 0 Å². The summed E-state index contributed by atoms with van der Waals surface area (Å²) in [6.45, 7) is -0.486. The number of nitrogens with one attached hydrogen (secondary N) is 1. The summed E-state index contributed by atoms with van der Waals surface area (Å²) in [6.07, 6.45) is 2.19. The van der Waals surface area contributed by atoms with Crippen LogP contribution in [0.25, 0.3) is 0 Å². The molecule has 2 rings (SSSR count). The summed E-state index contributed by atoms with van der Waals surface area (Å²) in [7, 11) is -2.39. The highest BCUT2D eigenvalue weighted by Gasteiger charge is 2.20. The summed E-state index contributed by atoms with van der Waals surface area (Å²) >= 11 is 3.26. The van der Waals surface area contributed by atoms with E-state index in [1.54, 1.807) is 24.3 Å². The van der Waals surface area contributed by atoms with Crippen LogP contribution < -0.4 is 14.5 Å². The fourth-order valence-electron chi connectivity index (χ4n) is 2.28. The van der Waals surface area contributed by atoms with Gasteiger partial charge in [-0.1, -0.05) is 15.9 Å². The topological polar surface area (TPSA) is 131 Å². The lowest BCUT2D eigenvalue weighted by atomic mass is 10.2. The van der Waals surface area contributed by atoms with Gasteiger partial charge in [0.1, 0.15) is 6.54 Å². The van der Waals surface area contributed by atoms with E-state index in [1.165, 1.54) is 31.5 Å². The van der Waals surface area contributed by atoms with Crippen LogP contribution in [-0.2, 0) is 14.8 Å². The second-order valence-corrected chi connectivity index (χ2v) is 8.55. The number of benzene rings is 2. The van der Waals surface area contributed by atoms with Crippen LogP contribution in [0.15, 0.2) is 52.0 Å². The summed E-state index contributed by atoms with van der Waals surface area (Å²) in [5.74, 6) is -0.591. The van der Waals surface area contributed by atoms with E-state index in [4.69, 9.17) is 4.74 Å². The number of rotatable bonds is 8. The second-order valence-electron chi connectivity index (χ2n) is 5.73. The monoisotopic (exact) mass is 484 g/mol. The highest BCUT2D eigenvalue weighted by molar-refractivity contribution is 9.10. The van der Waals surface area contributed by atoms with Crippen molar-refractivity contribution in [2.24, 2.45) is 5.10 Å². The molecule has 0 saturated heterocycles. The van der Waals surface area contributed by atoms with Crippen molar-refractivity contribution in [1.82, 2.24) is 5.43 Å². The number of sulfonamides is 1. The summed E-state index contributed by atoms with van der Waals surface area (Å²) in [6, 6.07) is 10.6. The molecule has 0 unspecified atom stereocenters. The highest BCUT2D eigenvalue weighted by atomic mass is 79.9. The van der Waals surface area contributed by atoms with Crippen molar-refractivity contribution in [3.63, 3.8) is 0 Å². The lowest BCUT2D eigenvalue weighted by molar-refractivity contribution is -0.385. The number of hydrazone groups is 1. The molecule has 154 valence electrons. The third-order valence-electron chi connectivity index (χ3n) is 3.60. The van der Waals surface area contributed by atoms with E-state index in [1.807, 2.05) is 0 Å². The van der Waals surface area contributed by atoms with Crippen molar-refractivity contribution >= 4 is 49.4 Å². The molecular weight excluding hydrogens is 468 g/mol. The molecule has 12 heteroatoms. The average Bonchev–Trinajstić information content (AvgIpc) is 2.66. The minimum absolute atomic E-state index is 0.0921. The molecule has 2 aromatic carbocycles. The number of hydrogen-bond acceptors (Lipinski definition) is 7. The first-order valence-corrected chi connectivity index (χ1v) is 10.6. The minimum Gasteiger partial charge on any atom is -0.490 e. The zero-order valence-electron chi connectivity index (χ0n) is 15.4. The molecule has 0 fully saturated rings. The number of nitro benzene ring substituents is 1. The van der Waals surface area contributed by atoms with E-state index in [0.29, 0.717) is 11.3 Å². The minimum atomic E-state index is -3.71. The molecule has 2 aromatic rings. The lowest BCUT2D eigenvalue weighted by Crippen LogP contribution is -2.39. The maximum absolute atomic E-state index is 12.1. The van der Waals surface area contributed by atoms with Gasteiger partial charge in [-0.2, -0.15) is 5.10 Å². The van der Waals surface area contributed by atoms with Crippen LogP contribution in [0.3, 0.4) is 0 Å². The van der Waals surface area contributed by atoms with Gasteiger partial charge in [-0.25, -0.2) is 13.8 Å². The fraction of sp³-hybridized carbons (Fsp3) is 0.176. The van der Waals surface area contributed by atoms with Gasteiger partial charge in [0.15, 0.2) is 5.75 Å². The Morgan fingerprint density at radius 3 is 2.52 bits per heavy atom. The van der Waals surface area contributed by atoms with Gasteiger partial charge in [0.05, 0.1) is 30.2 Å². The molecule has 10 nitrogen and oxygen atoms in total. The molecule has 1 amide bonds. The predicted molar refractivity (Wildman–Crippen MR) is 112 cm³/mol. The molecule has 29 heavy (non-hydrogen) atoms. The van der Waals surface area contributed by atoms with Crippen LogP contribution in [0.4, 0.5) is 11.4 Å². The van der Waals surface area contributed by atoms with Crippen molar-refractivity contribution in [3.8, 4) is 5.75 Å². The standard InChI is InChI=1S/C17H17BrN4O6S/c1-28-16-8-3-12(9-15(16)22(24)25)10-19-20-17(23)11-21(29(2,26)27)14-6-4-13(18)5-7-14/h3-10H,11H2,1-2H3,(H,20,23)/b19-10-. The molecule has 0 atom stereocenters. The maximum Gasteiger partial charge on any atom is 0.311 e. The van der Waals surface area contributed by atoms with Crippen LogP contribution in [0.5, 0.6) is 5.75 Å². The van der Waals surface area contributed by atoms with Crippen molar-refractivity contribution in [1.29, 1.82) is 0 Å². The Bertz CT molecular complexity index is 1040. The first kappa shape index (κ1) is 22.3. The van der Waals surface area contributed by atoms with Gasteiger partial charge in [-0.05, 0) is 36.4 Å². The number of carbonyl (C=O) groups excluding carboxylic acids is 1. The average molecular weight is 485 g/mol. The quantitative estimate of drug-likeness (QED) is 0.347. The van der Waals surface area contributed by atoms with E-state index < -0.39 is 27.4 Å². The SMILES string of the molecule is COc1ccc(/C=N\NC(=O)CN(c2ccc(Br)cc2)S(C)(=O)=O)cc1[N+](=O)[O-]. The van der Waals surface area contributed by atoms with Crippen molar-refractivity contribution in [3.05, 3.63) is 62.6 Å². The fourth-order valence-corrected chi connectivity index (χ4v) is 3.40. The number of halogens is 1. The summed E-state index contributed by atoms with van der Waals surface area (Å²) < 4.78 is 30.7. The Balaban J connectivity index is 2.10. The summed E-state index contributed by atoms with van der Waals surface area (Å²) in [5.41, 5.74) is 2.63. The smallest absolute Gasteiger partial charge is 0.311 e. The van der Waals surface area contributed by atoms with E-state index in [9.17, 15) is 23.3 Å². The molecular formula is C17H17BrN4O6S. The van der Waals surface area contributed by atoms with Crippen molar-refractivity contribution in [2.45, 2.75) is 0 Å². The number of nitro groups is 1. The predicted octanol–water partition coefficient (Wildman–Crippen LogP) is 2.28. The molecule has 0 bridgehead atoms. The third kappa shape index (κ3) is 6.26. The number of carbonyl (C=O) groups is 1. The zero-order valence-corrected chi connectivity index (χ0v) is 17.8. The Morgan fingerprint density at radius 2 is 1.97 bits per heavy atom. The van der Waals surface area contributed by atoms with E-state index in [0.717, 1.165) is 15.0 Å². The molecule has 0 saturated carbocycles. The number of hydrogen-bond donors (Lipinski definition) is 1. The molecule has 0 aliphatic heterocycles.